The van der Waals surface area contributed by atoms with E-state index in [2.05, 4.69) is 0 Å². The van der Waals surface area contributed by atoms with Crippen molar-refractivity contribution in [1.29, 1.82) is 0 Å². The van der Waals surface area contributed by atoms with Crippen LogP contribution in [0.2, 0.25) is 0 Å². The van der Waals surface area contributed by atoms with Crippen molar-refractivity contribution in [2.75, 3.05) is 13.2 Å². The van der Waals surface area contributed by atoms with Crippen molar-refractivity contribution in [3.8, 4) is 0 Å². The summed E-state index contributed by atoms with van der Waals surface area (Å²) in [5.74, 6) is -71.4. The summed E-state index contributed by atoms with van der Waals surface area (Å²) in [5.41, 5.74) is -20.0. The number of benzene rings is 4. The molecule has 0 aliphatic rings. The van der Waals surface area contributed by atoms with Gasteiger partial charge in [0.15, 0.2) is 79.9 Å². The molecule has 0 spiro atoms. The molecule has 0 heterocycles. The fourth-order valence-electron chi connectivity index (χ4n) is 4.87. The molecular formula is C29H10BF23O5SZr. The van der Waals surface area contributed by atoms with Crippen LogP contribution in [0.1, 0.15) is 13.8 Å². The zero-order chi connectivity index (χ0) is 46.8. The van der Waals surface area contributed by atoms with E-state index in [9.17, 15) is 65.9 Å². The van der Waals surface area contributed by atoms with Crippen molar-refractivity contribution in [2.45, 2.75) is 19.4 Å². The maximum absolute atomic E-state index is 15.4. The van der Waals surface area contributed by atoms with E-state index in [0.717, 1.165) is 0 Å². The van der Waals surface area contributed by atoms with E-state index in [1.54, 1.807) is 13.8 Å². The standard InChI is InChI=1S/C24BF20.2C2H5O.CHF3O3S.Zr/c26-5-1(6(27)14(35)21(42)13(5)34)25(2-7(28)15(36)22(43)16(37)8(2)29,3-9(30)17(38)23(44)18(39)10(3)31)4-11(32)19(40)24(45)20(41)12(4)33;2*1-2-3;2-1(3,4)8(5,6)7;/h;2*2H2,1H3;(H,5,6,7);/q3*-1;;+4/p-1. The van der Waals surface area contributed by atoms with E-state index >= 15 is 35.1 Å². The molecule has 0 bridgehead atoms. The number of halogens is 23. The summed E-state index contributed by atoms with van der Waals surface area (Å²) < 4.78 is 353. The van der Waals surface area contributed by atoms with E-state index < -0.39 is 160 Å². The van der Waals surface area contributed by atoms with Gasteiger partial charge in [0.25, 0.3) is 0 Å². The summed E-state index contributed by atoms with van der Waals surface area (Å²) in [6.45, 7) is 3.14. The molecule has 0 fully saturated rings. The molecule has 5 nitrogen and oxygen atoms in total. The minimum Gasteiger partial charge on any atom is -0.855 e. The van der Waals surface area contributed by atoms with Gasteiger partial charge in [-0.1, -0.05) is 13.8 Å². The Balaban J connectivity index is 0.00000201. The van der Waals surface area contributed by atoms with Crippen LogP contribution in [0, 0.1) is 116 Å². The van der Waals surface area contributed by atoms with E-state index in [-0.39, 0.29) is 39.4 Å². The van der Waals surface area contributed by atoms with Crippen LogP contribution in [0.15, 0.2) is 0 Å². The van der Waals surface area contributed by atoms with Crippen LogP contribution in [0.3, 0.4) is 0 Å². The van der Waals surface area contributed by atoms with Crippen LogP contribution >= 0.6 is 0 Å². The van der Waals surface area contributed by atoms with Gasteiger partial charge in [-0.25, -0.2) is 96.2 Å². The van der Waals surface area contributed by atoms with Gasteiger partial charge in [0, 0.05) is 0 Å². The molecule has 0 saturated heterocycles. The van der Waals surface area contributed by atoms with E-state index in [1.807, 2.05) is 0 Å². The third kappa shape index (κ3) is 9.73. The van der Waals surface area contributed by atoms with Gasteiger partial charge in [-0.2, -0.15) is 13.2 Å². The molecule has 0 saturated carbocycles. The zero-order valence-electron chi connectivity index (χ0n) is 28.1. The Morgan fingerprint density at radius 2 is 0.450 bits per heavy atom. The second-order valence-electron chi connectivity index (χ2n) is 10.3. The number of hydrogen-bond acceptors (Lipinski definition) is 5. The topological polar surface area (TPSA) is 103 Å². The first-order chi connectivity index (χ1) is 26.8. The van der Waals surface area contributed by atoms with Crippen molar-refractivity contribution in [3.63, 3.8) is 0 Å². The molecule has 4 rings (SSSR count). The minimum atomic E-state index is -7.22. The van der Waals surface area contributed by atoms with Crippen molar-refractivity contribution >= 4 is 38.1 Å². The SMILES string of the molecule is CC[O-].CC[O-].Fc1c(F)c(F)c([B-](c2c(F)c(F)c(F)c(F)c2F)(c2c(F)c(F)c(F)c(F)c2F)c2c(F)c(F)c(F)c(F)c2F)c(F)c1F.O=S(=O)([O-])C(F)(F)F.[Zr+4]. The van der Waals surface area contributed by atoms with Gasteiger partial charge in [-0.3, -0.25) is 0 Å². The quantitative estimate of drug-likeness (QED) is 0.0742. The summed E-state index contributed by atoms with van der Waals surface area (Å²) in [5, 5.41) is 17.9. The molecule has 0 N–H and O–H groups in total. The second kappa shape index (κ2) is 20.7. The summed E-state index contributed by atoms with van der Waals surface area (Å²) in [7, 11) is -6.09. The number of alkyl halides is 3. The Labute approximate surface area is 336 Å². The van der Waals surface area contributed by atoms with E-state index in [4.69, 9.17) is 23.2 Å². The first-order valence-electron chi connectivity index (χ1n) is 14.2. The van der Waals surface area contributed by atoms with Crippen molar-refractivity contribution < 1.29 is 150 Å². The smallest absolute Gasteiger partial charge is 0.855 e. The van der Waals surface area contributed by atoms with Gasteiger partial charge >= 0.3 is 31.7 Å². The van der Waals surface area contributed by atoms with Crippen LogP contribution < -0.4 is 32.1 Å². The molecule has 0 aliphatic carbocycles. The summed E-state index contributed by atoms with van der Waals surface area (Å²) in [4.78, 5) is 0. The van der Waals surface area contributed by atoms with Crippen molar-refractivity contribution in [2.24, 2.45) is 0 Å². The average molecular weight is 1010 g/mol. The van der Waals surface area contributed by atoms with Crippen molar-refractivity contribution in [3.05, 3.63) is 116 Å². The molecule has 4 aromatic carbocycles. The molecule has 4 aromatic rings. The van der Waals surface area contributed by atoms with Crippen molar-refractivity contribution in [1.82, 2.24) is 0 Å². The summed E-state index contributed by atoms with van der Waals surface area (Å²) in [6, 6.07) is 0. The molecule has 0 aliphatic heterocycles. The predicted octanol–water partition coefficient (Wildman–Crippen LogP) is 4.63. The Bertz CT molecular complexity index is 1980. The molecule has 60 heavy (non-hydrogen) atoms. The third-order valence-corrected chi connectivity index (χ3v) is 7.56. The summed E-state index contributed by atoms with van der Waals surface area (Å²) >= 11 is 0. The van der Waals surface area contributed by atoms with E-state index in [1.165, 1.54) is 0 Å². The Morgan fingerprint density at radius 3 is 0.533 bits per heavy atom. The molecule has 0 unspecified atom stereocenters. The van der Waals surface area contributed by atoms with Crippen LogP contribution in [0.25, 0.3) is 0 Å². The van der Waals surface area contributed by atoms with Crippen LogP contribution in [0.4, 0.5) is 101 Å². The van der Waals surface area contributed by atoms with E-state index in [0.29, 0.717) is 0 Å². The molecule has 31 heteroatoms. The maximum Gasteiger partial charge on any atom is 4.00 e. The fourth-order valence-corrected chi connectivity index (χ4v) is 4.87. The first kappa shape index (κ1) is 56.0. The van der Waals surface area contributed by atoms with Gasteiger partial charge in [0.05, 0.1) is 0 Å². The molecule has 0 radical (unpaired) electrons. The minimum absolute atomic E-state index is 0. The Kier molecular flexibility index (Phi) is 19.4. The normalized spacial score (nSPS) is 11.5. The molecular weight excluding hydrogens is 999 g/mol. The zero-order valence-corrected chi connectivity index (χ0v) is 31.4. The van der Waals surface area contributed by atoms with Crippen LogP contribution in [0.5, 0.6) is 0 Å². The maximum atomic E-state index is 15.4. The number of hydrogen-bond donors (Lipinski definition) is 0. The van der Waals surface area contributed by atoms with Gasteiger partial charge in [0.2, 0.25) is 0 Å². The Hall–Kier alpha value is -3.95. The molecule has 0 atom stereocenters. The van der Waals surface area contributed by atoms with Crippen LogP contribution in [-0.2, 0) is 36.3 Å². The van der Waals surface area contributed by atoms with Gasteiger partial charge in [-0.15, -0.1) is 35.1 Å². The largest absolute Gasteiger partial charge is 4.00 e. The average Bonchev–Trinajstić information content (AvgIpc) is 3.14. The monoisotopic (exact) mass is 1010 g/mol. The Morgan fingerprint density at radius 1 is 0.367 bits per heavy atom. The molecule has 0 amide bonds. The van der Waals surface area contributed by atoms with Gasteiger partial charge in [0.1, 0.15) is 52.7 Å². The third-order valence-electron chi connectivity index (χ3n) is 6.99. The fraction of sp³-hybridized carbons (Fsp3) is 0.172. The van der Waals surface area contributed by atoms with Crippen LogP contribution in [-0.4, -0.2) is 37.8 Å². The van der Waals surface area contributed by atoms with Gasteiger partial charge in [-0.05, 0) is 0 Å². The first-order valence-corrected chi connectivity index (χ1v) is 15.6. The number of rotatable bonds is 4. The van der Waals surface area contributed by atoms with Gasteiger partial charge < -0.3 is 14.8 Å². The molecule has 330 valence electrons. The molecule has 0 aromatic heterocycles. The summed E-state index contributed by atoms with van der Waals surface area (Å²) in [6.07, 6.45) is -7.22. The predicted molar refractivity (Wildman–Crippen MR) is 146 cm³/mol. The second-order valence-corrected chi connectivity index (χ2v) is 11.6.